The Morgan fingerprint density at radius 2 is 1.61 bits per heavy atom. The molecule has 0 spiro atoms. The molecule has 0 aromatic heterocycles. The molecule has 1 atom stereocenters. The van der Waals surface area contributed by atoms with Crippen molar-refractivity contribution in [3.63, 3.8) is 0 Å². The van der Waals surface area contributed by atoms with Gasteiger partial charge in [-0.05, 0) is 29.2 Å². The number of nitrogens with one attached hydrogen (secondary N) is 1. The minimum absolute atomic E-state index is 0.0515. The van der Waals surface area contributed by atoms with Crippen LogP contribution in [0.3, 0.4) is 0 Å². The third-order valence-corrected chi connectivity index (χ3v) is 5.72. The lowest BCUT2D eigenvalue weighted by atomic mass is 9.88. The summed E-state index contributed by atoms with van der Waals surface area (Å²) in [4.78, 5) is 27.2. The fourth-order valence-electron chi connectivity index (χ4n) is 4.12. The van der Waals surface area contributed by atoms with Crippen molar-refractivity contribution in [2.75, 3.05) is 6.54 Å². The minimum Gasteiger partial charge on any atom is -0.352 e. The lowest BCUT2D eigenvalue weighted by Gasteiger charge is -2.38. The Bertz CT molecular complexity index is 1070. The maximum absolute atomic E-state index is 13.7. The van der Waals surface area contributed by atoms with Gasteiger partial charge in [-0.3, -0.25) is 9.59 Å². The molecule has 3 aromatic rings. The number of halogens is 1. The van der Waals surface area contributed by atoms with Gasteiger partial charge in [0.05, 0.1) is 6.04 Å². The predicted molar refractivity (Wildman–Crippen MR) is 118 cm³/mol. The van der Waals surface area contributed by atoms with Crippen LogP contribution in [0.1, 0.15) is 41.1 Å². The third-order valence-electron chi connectivity index (χ3n) is 5.72. The average molecular weight is 416 g/mol. The van der Waals surface area contributed by atoms with Crippen molar-refractivity contribution in [2.24, 2.45) is 0 Å². The van der Waals surface area contributed by atoms with E-state index >= 15 is 0 Å². The molecule has 1 unspecified atom stereocenters. The van der Waals surface area contributed by atoms with Gasteiger partial charge in [0, 0.05) is 31.5 Å². The van der Waals surface area contributed by atoms with Crippen molar-refractivity contribution in [3.8, 4) is 0 Å². The number of carbonyl (C=O) groups excluding carboxylic acids is 2. The van der Waals surface area contributed by atoms with E-state index in [1.54, 1.807) is 18.2 Å². The number of amides is 2. The van der Waals surface area contributed by atoms with Gasteiger partial charge in [-0.25, -0.2) is 4.39 Å². The van der Waals surface area contributed by atoms with E-state index in [1.165, 1.54) is 11.6 Å². The van der Waals surface area contributed by atoms with Gasteiger partial charge in [0.1, 0.15) is 5.82 Å². The molecule has 1 aliphatic rings. The van der Waals surface area contributed by atoms with E-state index in [-0.39, 0.29) is 43.1 Å². The molecular weight excluding hydrogens is 391 g/mol. The normalized spacial score (nSPS) is 15.3. The second kappa shape index (κ2) is 9.56. The van der Waals surface area contributed by atoms with Crippen molar-refractivity contribution >= 4 is 11.8 Å². The van der Waals surface area contributed by atoms with Crippen LogP contribution in [0.4, 0.5) is 4.39 Å². The number of hydrogen-bond acceptors (Lipinski definition) is 2. The Morgan fingerprint density at radius 1 is 0.903 bits per heavy atom. The molecule has 0 saturated carbocycles. The highest BCUT2D eigenvalue weighted by molar-refractivity contribution is 5.84. The second-order valence-corrected chi connectivity index (χ2v) is 7.72. The largest absolute Gasteiger partial charge is 0.352 e. The molecule has 4 nitrogen and oxygen atoms in total. The standard InChI is InChI=1S/C26H25FN2O2/c27-23-13-7-5-11-21(23)18-28-24(30)14-15-25(31)29-17-16-19-8-4-6-12-22(19)26(29)20-9-2-1-3-10-20/h1-13,26H,14-18H2,(H,28,30). The highest BCUT2D eigenvalue weighted by atomic mass is 19.1. The van der Waals surface area contributed by atoms with E-state index in [1.807, 2.05) is 47.4 Å². The molecular formula is C26H25FN2O2. The lowest BCUT2D eigenvalue weighted by molar-refractivity contribution is -0.135. The Labute approximate surface area is 181 Å². The fraction of sp³-hybridized carbons (Fsp3) is 0.231. The number of nitrogens with zero attached hydrogens (tertiary/aromatic N) is 1. The quantitative estimate of drug-likeness (QED) is 0.648. The lowest BCUT2D eigenvalue weighted by Crippen LogP contribution is -2.41. The second-order valence-electron chi connectivity index (χ2n) is 7.72. The molecule has 1 N–H and O–H groups in total. The van der Waals surface area contributed by atoms with Crippen LogP contribution < -0.4 is 5.32 Å². The zero-order chi connectivity index (χ0) is 21.6. The SMILES string of the molecule is O=C(CCC(=O)N1CCc2ccccc2C1c1ccccc1)NCc1ccccc1F. The van der Waals surface area contributed by atoms with Crippen LogP contribution in [0.25, 0.3) is 0 Å². The minimum atomic E-state index is -0.350. The highest BCUT2D eigenvalue weighted by Crippen LogP contribution is 2.35. The number of fused-ring (bicyclic) bond motifs is 1. The van der Waals surface area contributed by atoms with E-state index < -0.39 is 0 Å². The zero-order valence-corrected chi connectivity index (χ0v) is 17.3. The Morgan fingerprint density at radius 3 is 2.42 bits per heavy atom. The van der Waals surface area contributed by atoms with Crippen LogP contribution in [0.15, 0.2) is 78.9 Å². The van der Waals surface area contributed by atoms with E-state index in [4.69, 9.17) is 0 Å². The van der Waals surface area contributed by atoms with Crippen LogP contribution >= 0.6 is 0 Å². The summed E-state index contributed by atoms with van der Waals surface area (Å²) in [5.74, 6) is -0.661. The molecule has 0 radical (unpaired) electrons. The first kappa shape index (κ1) is 20.8. The maximum Gasteiger partial charge on any atom is 0.223 e. The van der Waals surface area contributed by atoms with Gasteiger partial charge < -0.3 is 10.2 Å². The van der Waals surface area contributed by atoms with Gasteiger partial charge in [-0.2, -0.15) is 0 Å². The van der Waals surface area contributed by atoms with E-state index in [0.29, 0.717) is 12.1 Å². The summed E-state index contributed by atoms with van der Waals surface area (Å²) >= 11 is 0. The molecule has 0 saturated heterocycles. The van der Waals surface area contributed by atoms with Gasteiger partial charge >= 0.3 is 0 Å². The number of rotatable bonds is 6. The summed E-state index contributed by atoms with van der Waals surface area (Å²) in [6, 6.07) is 24.4. The summed E-state index contributed by atoms with van der Waals surface area (Å²) in [5, 5.41) is 2.71. The summed E-state index contributed by atoms with van der Waals surface area (Å²) in [6.07, 6.45) is 0.992. The molecule has 0 aliphatic carbocycles. The third kappa shape index (κ3) is 4.82. The summed E-state index contributed by atoms with van der Waals surface area (Å²) in [7, 11) is 0. The zero-order valence-electron chi connectivity index (χ0n) is 17.3. The number of hydrogen-bond donors (Lipinski definition) is 1. The van der Waals surface area contributed by atoms with Crippen LogP contribution in [-0.4, -0.2) is 23.3 Å². The van der Waals surface area contributed by atoms with Gasteiger partial charge in [0.15, 0.2) is 0 Å². The van der Waals surface area contributed by atoms with Crippen LogP contribution in [0.5, 0.6) is 0 Å². The molecule has 31 heavy (non-hydrogen) atoms. The molecule has 2 amide bonds. The first-order valence-electron chi connectivity index (χ1n) is 10.6. The first-order chi connectivity index (χ1) is 15.1. The van der Waals surface area contributed by atoms with Crippen LogP contribution in [0, 0.1) is 5.82 Å². The van der Waals surface area contributed by atoms with E-state index in [0.717, 1.165) is 17.5 Å². The Balaban J connectivity index is 1.42. The molecule has 158 valence electrons. The molecule has 0 fully saturated rings. The molecule has 1 heterocycles. The Kier molecular flexibility index (Phi) is 6.41. The predicted octanol–water partition coefficient (Wildman–Crippen LogP) is 4.40. The molecule has 4 rings (SSSR count). The van der Waals surface area contributed by atoms with Crippen molar-refractivity contribution in [1.82, 2.24) is 10.2 Å². The van der Waals surface area contributed by atoms with Crippen molar-refractivity contribution in [3.05, 3.63) is 107 Å². The van der Waals surface area contributed by atoms with Gasteiger partial charge in [-0.1, -0.05) is 72.8 Å². The van der Waals surface area contributed by atoms with Crippen molar-refractivity contribution in [2.45, 2.75) is 31.8 Å². The smallest absolute Gasteiger partial charge is 0.223 e. The summed E-state index contributed by atoms with van der Waals surface area (Å²) in [6.45, 7) is 0.732. The van der Waals surface area contributed by atoms with Gasteiger partial charge in [0.25, 0.3) is 0 Å². The van der Waals surface area contributed by atoms with Gasteiger partial charge in [0.2, 0.25) is 11.8 Å². The van der Waals surface area contributed by atoms with E-state index in [9.17, 15) is 14.0 Å². The highest BCUT2D eigenvalue weighted by Gasteiger charge is 2.31. The van der Waals surface area contributed by atoms with Crippen molar-refractivity contribution in [1.29, 1.82) is 0 Å². The maximum atomic E-state index is 13.7. The van der Waals surface area contributed by atoms with E-state index in [2.05, 4.69) is 17.4 Å². The van der Waals surface area contributed by atoms with Crippen LogP contribution in [-0.2, 0) is 22.6 Å². The molecule has 0 bridgehead atoms. The number of carbonyl (C=O) groups is 2. The summed E-state index contributed by atoms with van der Waals surface area (Å²) < 4.78 is 13.7. The van der Waals surface area contributed by atoms with Crippen molar-refractivity contribution < 1.29 is 14.0 Å². The average Bonchev–Trinajstić information content (AvgIpc) is 2.81. The Hall–Kier alpha value is -3.47. The summed E-state index contributed by atoms with van der Waals surface area (Å²) in [5.41, 5.74) is 3.88. The fourth-order valence-corrected chi connectivity index (χ4v) is 4.12. The van der Waals surface area contributed by atoms with Gasteiger partial charge in [-0.15, -0.1) is 0 Å². The number of benzene rings is 3. The van der Waals surface area contributed by atoms with Crippen LogP contribution in [0.2, 0.25) is 0 Å². The molecule has 3 aromatic carbocycles. The first-order valence-corrected chi connectivity index (χ1v) is 10.6. The molecule has 1 aliphatic heterocycles. The topological polar surface area (TPSA) is 49.4 Å². The molecule has 5 heteroatoms. The monoisotopic (exact) mass is 416 g/mol.